The van der Waals surface area contributed by atoms with Crippen LogP contribution in [0.15, 0.2) is 128 Å². The molecule has 1 aliphatic rings. The molecule has 0 bridgehead atoms. The Kier molecular flexibility index (Phi) is 8.11. The Morgan fingerprint density at radius 1 is 0.702 bits per heavy atom. The third-order valence-electron chi connectivity index (χ3n) is 8.53. The zero-order valence-electron chi connectivity index (χ0n) is 26.4. The van der Waals surface area contributed by atoms with Crippen LogP contribution in [-0.4, -0.2) is 9.55 Å². The van der Waals surface area contributed by atoms with Gasteiger partial charge in [-0.25, -0.2) is 4.98 Å². The predicted molar refractivity (Wildman–Crippen MR) is 187 cm³/mol. The Balaban J connectivity index is 0.00000351. The standard InChI is InChI=1S/C41H33N4O.Pt/c1-41(2,3)30-20-23-40(42-26-30)45-36-17-8-7-16-34(36)35-22-21-33(25-39(35)45)46-32-15-11-14-31(24-32)44-28-43(27-29-12-5-4-6-13-29)37-18-9-10-19-38(37)44;/h4-23,26,28H,27H2,1-3H3;/q-3;. The van der Waals surface area contributed by atoms with E-state index >= 15 is 0 Å². The van der Waals surface area contributed by atoms with Gasteiger partial charge < -0.3 is 19.1 Å². The van der Waals surface area contributed by atoms with Crippen LogP contribution in [0, 0.1) is 18.8 Å². The van der Waals surface area contributed by atoms with Crippen LogP contribution in [0.3, 0.4) is 0 Å². The van der Waals surface area contributed by atoms with Crippen LogP contribution in [0.5, 0.6) is 11.5 Å². The number of fused-ring (bicyclic) bond motifs is 4. The van der Waals surface area contributed by atoms with E-state index < -0.39 is 0 Å². The molecule has 0 saturated heterocycles. The Morgan fingerprint density at radius 3 is 2.23 bits per heavy atom. The Morgan fingerprint density at radius 2 is 1.45 bits per heavy atom. The van der Waals surface area contributed by atoms with Crippen LogP contribution >= 0.6 is 0 Å². The first-order valence-corrected chi connectivity index (χ1v) is 15.6. The third-order valence-corrected chi connectivity index (χ3v) is 8.53. The maximum atomic E-state index is 6.45. The number of rotatable bonds is 6. The molecule has 5 nitrogen and oxygen atoms in total. The normalized spacial score (nSPS) is 12.7. The van der Waals surface area contributed by atoms with Crippen molar-refractivity contribution in [2.24, 2.45) is 0 Å². The third kappa shape index (κ3) is 5.81. The molecule has 3 heterocycles. The van der Waals surface area contributed by atoms with Gasteiger partial charge in [0.2, 0.25) is 0 Å². The average Bonchev–Trinajstić information content (AvgIpc) is 3.60. The van der Waals surface area contributed by atoms with Crippen LogP contribution < -0.4 is 14.5 Å². The first-order valence-electron chi connectivity index (χ1n) is 15.6. The van der Waals surface area contributed by atoms with Gasteiger partial charge in [0.25, 0.3) is 0 Å². The molecule has 0 saturated carbocycles. The van der Waals surface area contributed by atoms with E-state index in [-0.39, 0.29) is 26.5 Å². The second-order valence-corrected chi connectivity index (χ2v) is 12.7. The fraction of sp³-hybridized carbons (Fsp3) is 0.122. The summed E-state index contributed by atoms with van der Waals surface area (Å²) in [5.41, 5.74) is 7.64. The van der Waals surface area contributed by atoms with Gasteiger partial charge in [-0.2, -0.15) is 18.8 Å². The second-order valence-electron chi connectivity index (χ2n) is 12.7. The van der Waals surface area contributed by atoms with Gasteiger partial charge in [0.05, 0.1) is 0 Å². The molecular weight excluding hydrogens is 760 g/mol. The van der Waals surface area contributed by atoms with Crippen molar-refractivity contribution in [2.45, 2.75) is 32.7 Å². The summed E-state index contributed by atoms with van der Waals surface area (Å²) in [6.07, 6.45) is 1.98. The molecule has 0 amide bonds. The predicted octanol–water partition coefficient (Wildman–Crippen LogP) is 10.1. The van der Waals surface area contributed by atoms with E-state index in [1.807, 2.05) is 30.5 Å². The van der Waals surface area contributed by atoms with Gasteiger partial charge in [0.1, 0.15) is 5.82 Å². The Hall–Kier alpha value is -4.86. The second kappa shape index (κ2) is 12.4. The molecule has 6 heteroatoms. The molecule has 1 aliphatic heterocycles. The van der Waals surface area contributed by atoms with Gasteiger partial charge in [-0.15, -0.1) is 41.4 Å². The van der Waals surface area contributed by atoms with Gasteiger partial charge in [0.15, 0.2) is 0 Å². The van der Waals surface area contributed by atoms with Crippen LogP contribution in [0.2, 0.25) is 0 Å². The van der Waals surface area contributed by atoms with Crippen molar-refractivity contribution in [1.82, 2.24) is 9.55 Å². The van der Waals surface area contributed by atoms with Crippen LogP contribution in [0.4, 0.5) is 17.1 Å². The van der Waals surface area contributed by atoms with Crippen molar-refractivity contribution in [1.29, 1.82) is 0 Å². The molecule has 0 N–H and O–H groups in total. The summed E-state index contributed by atoms with van der Waals surface area (Å²) in [6.45, 7) is 9.53. The summed E-state index contributed by atoms with van der Waals surface area (Å²) in [7, 11) is 0. The zero-order valence-corrected chi connectivity index (χ0v) is 28.7. The molecule has 0 radical (unpaired) electrons. The molecule has 0 aliphatic carbocycles. The summed E-state index contributed by atoms with van der Waals surface area (Å²) >= 11 is 0. The summed E-state index contributed by atoms with van der Waals surface area (Å²) in [4.78, 5) is 9.33. The van der Waals surface area contributed by atoms with Gasteiger partial charge in [-0.3, -0.25) is 0 Å². The fourth-order valence-corrected chi connectivity index (χ4v) is 6.16. The number of ether oxygens (including phenoxy) is 1. The monoisotopic (exact) mass is 792 g/mol. The maximum Gasteiger partial charge on any atom is 0.135 e. The summed E-state index contributed by atoms with van der Waals surface area (Å²) < 4.78 is 8.62. The van der Waals surface area contributed by atoms with Gasteiger partial charge in [-0.1, -0.05) is 93.0 Å². The molecule has 236 valence electrons. The summed E-state index contributed by atoms with van der Waals surface area (Å²) in [6, 6.07) is 48.8. The van der Waals surface area contributed by atoms with Crippen LogP contribution in [0.25, 0.3) is 27.6 Å². The van der Waals surface area contributed by atoms with Gasteiger partial charge in [-0.05, 0) is 46.2 Å². The Labute approximate surface area is 290 Å². The first-order chi connectivity index (χ1) is 22.4. The van der Waals surface area contributed by atoms with Gasteiger partial charge >= 0.3 is 0 Å². The number of hydrogen-bond acceptors (Lipinski definition) is 4. The molecule has 0 fully saturated rings. The smallest absolute Gasteiger partial charge is 0.135 e. The summed E-state index contributed by atoms with van der Waals surface area (Å²) in [5, 5.41) is 2.25. The molecule has 7 aromatic rings. The molecule has 0 unspecified atom stereocenters. The van der Waals surface area contributed by atoms with Crippen LogP contribution in [0.1, 0.15) is 31.9 Å². The van der Waals surface area contributed by atoms with Crippen molar-refractivity contribution < 1.29 is 25.8 Å². The topological polar surface area (TPSA) is 33.5 Å². The number of nitrogens with zero attached hydrogens (tertiary/aromatic N) is 4. The number of aromatic nitrogens is 2. The van der Waals surface area contributed by atoms with E-state index in [4.69, 9.17) is 9.72 Å². The zero-order chi connectivity index (χ0) is 31.3. The summed E-state index contributed by atoms with van der Waals surface area (Å²) in [5.74, 6) is 2.09. The fourth-order valence-electron chi connectivity index (χ4n) is 6.16. The maximum absolute atomic E-state index is 6.45. The number of hydrogen-bond donors (Lipinski definition) is 0. The Bertz CT molecular complexity index is 2180. The van der Waals surface area contributed by atoms with Crippen molar-refractivity contribution in [3.8, 4) is 17.3 Å². The van der Waals surface area contributed by atoms with E-state index in [9.17, 15) is 0 Å². The minimum atomic E-state index is 0. The molecule has 5 aromatic carbocycles. The largest absolute Gasteiger partial charge is 0.509 e. The number of benzene rings is 5. The van der Waals surface area contributed by atoms with Crippen molar-refractivity contribution >= 4 is 38.9 Å². The van der Waals surface area contributed by atoms with E-state index in [1.54, 1.807) is 0 Å². The molecule has 0 atom stereocenters. The van der Waals surface area contributed by atoms with Crippen molar-refractivity contribution in [3.63, 3.8) is 0 Å². The van der Waals surface area contributed by atoms with E-state index in [0.717, 1.165) is 51.2 Å². The molecule has 0 spiro atoms. The molecule has 2 aromatic heterocycles. The molecular formula is C41H33N4OPt-3. The quantitative estimate of drug-likeness (QED) is 0.157. The van der Waals surface area contributed by atoms with E-state index in [1.165, 1.54) is 11.1 Å². The molecule has 47 heavy (non-hydrogen) atoms. The first kappa shape index (κ1) is 30.8. The van der Waals surface area contributed by atoms with Crippen LogP contribution in [-0.2, 0) is 33.0 Å². The minimum Gasteiger partial charge on any atom is -0.509 e. The van der Waals surface area contributed by atoms with E-state index in [0.29, 0.717) is 11.5 Å². The average molecular weight is 793 g/mol. The number of pyridine rings is 1. The van der Waals surface area contributed by atoms with Crippen molar-refractivity contribution in [2.75, 3.05) is 9.80 Å². The SMILES string of the molecule is CC(C)(C)c1ccc(-n2c3[c-]c(Oc4[c-]c(N5[CH-]N(Cc6ccccc6)c6ccccc65)ccc4)ccc3c3ccccc32)nc1.[Pt]. The number of para-hydroxylation sites is 3. The molecule has 8 rings (SSSR count). The van der Waals surface area contributed by atoms with Crippen molar-refractivity contribution in [3.05, 3.63) is 157 Å². The van der Waals surface area contributed by atoms with Gasteiger partial charge in [0, 0.05) is 62.2 Å². The number of anilines is 3. The van der Waals surface area contributed by atoms with E-state index in [2.05, 4.69) is 151 Å². The minimum absolute atomic E-state index is 0.